The molecule has 2 heterocycles. The van der Waals surface area contributed by atoms with E-state index in [0.717, 1.165) is 31.6 Å². The van der Waals surface area contributed by atoms with Crippen molar-refractivity contribution in [3.8, 4) is 0 Å². The Hall–Kier alpha value is -1.94. The standard InChI is InChI=1S/C19H25N3O/c1-3-19(23)22-10-8-17(14(2)13-22)21-12-15-6-7-18-16(11-15)5-4-9-20-18/h4-7,9,11,14,17,21H,3,8,10,12-13H2,1-2H3. The van der Waals surface area contributed by atoms with Gasteiger partial charge in [-0.25, -0.2) is 0 Å². The van der Waals surface area contributed by atoms with E-state index in [1.807, 2.05) is 24.1 Å². The second-order valence-electron chi connectivity index (χ2n) is 6.48. The number of likely N-dealkylation sites (tertiary alicyclic amines) is 1. The normalized spacial score (nSPS) is 21.6. The van der Waals surface area contributed by atoms with Crippen molar-refractivity contribution in [3.05, 3.63) is 42.1 Å². The summed E-state index contributed by atoms with van der Waals surface area (Å²) in [6, 6.07) is 11.0. The van der Waals surface area contributed by atoms with Crippen molar-refractivity contribution in [3.63, 3.8) is 0 Å². The van der Waals surface area contributed by atoms with Gasteiger partial charge >= 0.3 is 0 Å². The maximum absolute atomic E-state index is 11.8. The van der Waals surface area contributed by atoms with Gasteiger partial charge in [0.05, 0.1) is 5.52 Å². The van der Waals surface area contributed by atoms with Gasteiger partial charge < -0.3 is 10.2 Å². The number of nitrogens with one attached hydrogen (secondary N) is 1. The predicted octanol–water partition coefficient (Wildman–Crippen LogP) is 2.97. The predicted molar refractivity (Wildman–Crippen MR) is 93.0 cm³/mol. The van der Waals surface area contributed by atoms with Crippen LogP contribution in [0, 0.1) is 5.92 Å². The van der Waals surface area contributed by atoms with Gasteiger partial charge in [0.25, 0.3) is 0 Å². The second-order valence-corrected chi connectivity index (χ2v) is 6.48. The highest BCUT2D eigenvalue weighted by molar-refractivity contribution is 5.78. The van der Waals surface area contributed by atoms with Gasteiger partial charge in [0, 0.05) is 43.7 Å². The van der Waals surface area contributed by atoms with Crippen LogP contribution in [-0.4, -0.2) is 34.9 Å². The Kier molecular flexibility index (Phi) is 4.91. The van der Waals surface area contributed by atoms with Crippen LogP contribution >= 0.6 is 0 Å². The number of fused-ring (bicyclic) bond motifs is 1. The first-order valence-electron chi connectivity index (χ1n) is 8.52. The Bertz CT molecular complexity index is 685. The molecule has 3 rings (SSSR count). The molecule has 1 aliphatic heterocycles. The van der Waals surface area contributed by atoms with Crippen molar-refractivity contribution < 1.29 is 4.79 Å². The van der Waals surface area contributed by atoms with Crippen LogP contribution < -0.4 is 5.32 Å². The highest BCUT2D eigenvalue weighted by atomic mass is 16.2. The summed E-state index contributed by atoms with van der Waals surface area (Å²) in [5.74, 6) is 0.763. The average Bonchev–Trinajstić information content (AvgIpc) is 2.59. The molecule has 1 N–H and O–H groups in total. The van der Waals surface area contributed by atoms with Gasteiger partial charge in [-0.05, 0) is 36.1 Å². The molecule has 0 spiro atoms. The number of carbonyl (C=O) groups excluding carboxylic acids is 1. The molecule has 0 radical (unpaired) electrons. The number of carbonyl (C=O) groups is 1. The van der Waals surface area contributed by atoms with Crippen molar-refractivity contribution in [1.29, 1.82) is 0 Å². The molecule has 1 aromatic heterocycles. The van der Waals surface area contributed by atoms with Crippen LogP contribution in [0.2, 0.25) is 0 Å². The number of nitrogens with zero attached hydrogens (tertiary/aromatic N) is 2. The SMILES string of the molecule is CCC(=O)N1CCC(NCc2ccc3ncccc3c2)C(C)C1. The maximum atomic E-state index is 11.8. The Morgan fingerprint density at radius 1 is 1.39 bits per heavy atom. The molecule has 122 valence electrons. The smallest absolute Gasteiger partial charge is 0.222 e. The van der Waals surface area contributed by atoms with Gasteiger partial charge in [0.2, 0.25) is 5.91 Å². The molecule has 1 fully saturated rings. The van der Waals surface area contributed by atoms with Crippen LogP contribution in [0.15, 0.2) is 36.5 Å². The van der Waals surface area contributed by atoms with E-state index >= 15 is 0 Å². The molecular formula is C19H25N3O. The minimum absolute atomic E-state index is 0.275. The molecule has 1 aromatic carbocycles. The Morgan fingerprint density at radius 2 is 2.26 bits per heavy atom. The molecule has 0 aliphatic carbocycles. The van der Waals surface area contributed by atoms with Crippen LogP contribution in [0.4, 0.5) is 0 Å². The molecule has 23 heavy (non-hydrogen) atoms. The lowest BCUT2D eigenvalue weighted by Gasteiger charge is -2.37. The van der Waals surface area contributed by atoms with E-state index in [4.69, 9.17) is 0 Å². The van der Waals surface area contributed by atoms with Crippen molar-refractivity contribution >= 4 is 16.8 Å². The molecule has 1 aliphatic rings. The number of hydrogen-bond acceptors (Lipinski definition) is 3. The molecule has 4 nitrogen and oxygen atoms in total. The highest BCUT2D eigenvalue weighted by Gasteiger charge is 2.27. The fraction of sp³-hybridized carbons (Fsp3) is 0.474. The van der Waals surface area contributed by atoms with Gasteiger partial charge in [-0.2, -0.15) is 0 Å². The fourth-order valence-corrected chi connectivity index (χ4v) is 3.38. The summed E-state index contributed by atoms with van der Waals surface area (Å²) in [4.78, 5) is 18.2. The highest BCUT2D eigenvalue weighted by Crippen LogP contribution is 2.19. The quantitative estimate of drug-likeness (QED) is 0.944. The zero-order valence-electron chi connectivity index (χ0n) is 14.0. The number of amides is 1. The third kappa shape index (κ3) is 3.70. The number of rotatable bonds is 4. The first-order valence-corrected chi connectivity index (χ1v) is 8.52. The first-order chi connectivity index (χ1) is 11.2. The minimum Gasteiger partial charge on any atom is -0.342 e. The van der Waals surface area contributed by atoms with Crippen LogP contribution in [0.3, 0.4) is 0 Å². The summed E-state index contributed by atoms with van der Waals surface area (Å²) >= 11 is 0. The third-order valence-corrected chi connectivity index (χ3v) is 4.80. The fourth-order valence-electron chi connectivity index (χ4n) is 3.38. The summed E-state index contributed by atoms with van der Waals surface area (Å²) in [6.45, 7) is 6.77. The summed E-state index contributed by atoms with van der Waals surface area (Å²) in [6.07, 6.45) is 3.46. The monoisotopic (exact) mass is 311 g/mol. The molecular weight excluding hydrogens is 286 g/mol. The van der Waals surface area contributed by atoms with Gasteiger partial charge in [0.1, 0.15) is 0 Å². The number of piperidine rings is 1. The third-order valence-electron chi connectivity index (χ3n) is 4.80. The summed E-state index contributed by atoms with van der Waals surface area (Å²) in [7, 11) is 0. The van der Waals surface area contributed by atoms with Crippen LogP contribution in [-0.2, 0) is 11.3 Å². The molecule has 1 saturated heterocycles. The molecule has 0 bridgehead atoms. The minimum atomic E-state index is 0.275. The average molecular weight is 311 g/mol. The van der Waals surface area contributed by atoms with Gasteiger partial charge in [-0.15, -0.1) is 0 Å². The Balaban J connectivity index is 1.58. The summed E-state index contributed by atoms with van der Waals surface area (Å²) in [5.41, 5.74) is 2.32. The number of hydrogen-bond donors (Lipinski definition) is 1. The van der Waals surface area contributed by atoms with E-state index in [2.05, 4.69) is 41.5 Å². The molecule has 2 aromatic rings. The molecule has 2 unspecified atom stereocenters. The molecule has 4 heteroatoms. The topological polar surface area (TPSA) is 45.2 Å². The number of pyridine rings is 1. The van der Waals surface area contributed by atoms with Gasteiger partial charge in [0.15, 0.2) is 0 Å². The molecule has 0 saturated carbocycles. The van der Waals surface area contributed by atoms with Crippen LogP contribution in [0.25, 0.3) is 10.9 Å². The van der Waals surface area contributed by atoms with Crippen LogP contribution in [0.5, 0.6) is 0 Å². The molecule has 1 amide bonds. The summed E-state index contributed by atoms with van der Waals surface area (Å²) < 4.78 is 0. The first kappa shape index (κ1) is 15.9. The van der Waals surface area contributed by atoms with E-state index < -0.39 is 0 Å². The number of aromatic nitrogens is 1. The zero-order valence-corrected chi connectivity index (χ0v) is 14.0. The maximum Gasteiger partial charge on any atom is 0.222 e. The largest absolute Gasteiger partial charge is 0.342 e. The van der Waals surface area contributed by atoms with Gasteiger partial charge in [-0.3, -0.25) is 9.78 Å². The summed E-state index contributed by atoms with van der Waals surface area (Å²) in [5, 5.41) is 4.85. The van der Waals surface area contributed by atoms with E-state index in [1.165, 1.54) is 10.9 Å². The Morgan fingerprint density at radius 3 is 3.04 bits per heavy atom. The van der Waals surface area contributed by atoms with E-state index in [0.29, 0.717) is 18.4 Å². The zero-order chi connectivity index (χ0) is 16.2. The van der Waals surface area contributed by atoms with Gasteiger partial charge in [-0.1, -0.05) is 26.0 Å². The van der Waals surface area contributed by atoms with Crippen LogP contribution in [0.1, 0.15) is 32.3 Å². The second kappa shape index (κ2) is 7.09. The van der Waals surface area contributed by atoms with Crippen molar-refractivity contribution in [2.45, 2.75) is 39.3 Å². The molecule has 2 atom stereocenters. The van der Waals surface area contributed by atoms with Crippen molar-refractivity contribution in [2.24, 2.45) is 5.92 Å². The number of benzene rings is 1. The Labute approximate surface area is 137 Å². The van der Waals surface area contributed by atoms with E-state index in [9.17, 15) is 4.79 Å². The lowest BCUT2D eigenvalue weighted by molar-refractivity contribution is -0.132. The lowest BCUT2D eigenvalue weighted by atomic mass is 9.93. The van der Waals surface area contributed by atoms with E-state index in [-0.39, 0.29) is 5.91 Å². The van der Waals surface area contributed by atoms with E-state index in [1.54, 1.807) is 0 Å². The lowest BCUT2D eigenvalue weighted by Crippen LogP contribution is -2.49. The van der Waals surface area contributed by atoms with Crippen molar-refractivity contribution in [2.75, 3.05) is 13.1 Å². The van der Waals surface area contributed by atoms with Crippen molar-refractivity contribution in [1.82, 2.24) is 15.2 Å².